The van der Waals surface area contributed by atoms with Crippen molar-refractivity contribution >= 4 is 17.3 Å². The number of benzene rings is 1. The normalized spacial score (nSPS) is 11.1. The van der Waals surface area contributed by atoms with Crippen LogP contribution in [0.4, 0.5) is 5.69 Å². The molecule has 4 heteroatoms. The molecule has 0 aliphatic rings. The SMILES string of the molecule is CCNCc1cccc(Cl)c1N(CCOC)C(C)C. The van der Waals surface area contributed by atoms with Gasteiger partial charge in [-0.1, -0.05) is 30.7 Å². The molecule has 3 nitrogen and oxygen atoms in total. The summed E-state index contributed by atoms with van der Waals surface area (Å²) in [5, 5.41) is 4.17. The highest BCUT2D eigenvalue weighted by Crippen LogP contribution is 2.31. The van der Waals surface area contributed by atoms with Crippen molar-refractivity contribution in [1.82, 2.24) is 5.32 Å². The van der Waals surface area contributed by atoms with E-state index in [9.17, 15) is 0 Å². The second-order valence-corrected chi connectivity index (χ2v) is 5.22. The Balaban J connectivity index is 3.04. The van der Waals surface area contributed by atoms with E-state index in [-0.39, 0.29) is 0 Å². The Kier molecular flexibility index (Phi) is 7.21. The van der Waals surface area contributed by atoms with Crippen LogP contribution in [-0.2, 0) is 11.3 Å². The number of hydrogen-bond donors (Lipinski definition) is 1. The second kappa shape index (κ2) is 8.41. The summed E-state index contributed by atoms with van der Waals surface area (Å²) in [7, 11) is 1.73. The monoisotopic (exact) mass is 284 g/mol. The van der Waals surface area contributed by atoms with Crippen molar-refractivity contribution in [2.75, 3.05) is 31.7 Å². The molecule has 0 amide bonds. The third-order valence-electron chi connectivity index (χ3n) is 3.08. The highest BCUT2D eigenvalue weighted by Gasteiger charge is 2.17. The maximum atomic E-state index is 6.42. The van der Waals surface area contributed by atoms with Crippen molar-refractivity contribution in [3.8, 4) is 0 Å². The van der Waals surface area contributed by atoms with Gasteiger partial charge in [0, 0.05) is 26.2 Å². The summed E-state index contributed by atoms with van der Waals surface area (Å²) < 4.78 is 5.20. The number of halogens is 1. The lowest BCUT2D eigenvalue weighted by molar-refractivity contribution is 0.204. The molecule has 1 N–H and O–H groups in total. The number of para-hydroxylation sites is 1. The summed E-state index contributed by atoms with van der Waals surface area (Å²) in [6, 6.07) is 6.48. The maximum absolute atomic E-state index is 6.42. The van der Waals surface area contributed by atoms with Gasteiger partial charge in [0.05, 0.1) is 17.3 Å². The fourth-order valence-electron chi connectivity index (χ4n) is 2.10. The molecule has 1 aromatic rings. The number of ether oxygens (including phenoxy) is 1. The Morgan fingerprint density at radius 3 is 2.68 bits per heavy atom. The Morgan fingerprint density at radius 1 is 1.37 bits per heavy atom. The van der Waals surface area contributed by atoms with Gasteiger partial charge in [-0.2, -0.15) is 0 Å². The minimum atomic E-state index is 0.385. The van der Waals surface area contributed by atoms with E-state index in [1.54, 1.807) is 7.11 Å². The molecule has 0 bridgehead atoms. The van der Waals surface area contributed by atoms with Crippen molar-refractivity contribution in [2.45, 2.75) is 33.4 Å². The van der Waals surface area contributed by atoms with Gasteiger partial charge in [-0.05, 0) is 32.0 Å². The van der Waals surface area contributed by atoms with E-state index < -0.39 is 0 Å². The van der Waals surface area contributed by atoms with Crippen LogP contribution in [0.3, 0.4) is 0 Å². The van der Waals surface area contributed by atoms with Gasteiger partial charge in [-0.25, -0.2) is 0 Å². The van der Waals surface area contributed by atoms with E-state index in [2.05, 4.69) is 37.1 Å². The molecule has 1 rings (SSSR count). The van der Waals surface area contributed by atoms with Crippen molar-refractivity contribution in [2.24, 2.45) is 0 Å². The molecular weight excluding hydrogens is 260 g/mol. The third-order valence-corrected chi connectivity index (χ3v) is 3.39. The van der Waals surface area contributed by atoms with E-state index in [0.717, 1.165) is 30.3 Å². The van der Waals surface area contributed by atoms with E-state index in [0.29, 0.717) is 12.6 Å². The average molecular weight is 285 g/mol. The van der Waals surface area contributed by atoms with Crippen molar-refractivity contribution in [3.05, 3.63) is 28.8 Å². The van der Waals surface area contributed by atoms with E-state index in [1.807, 2.05) is 12.1 Å². The van der Waals surface area contributed by atoms with Gasteiger partial charge in [0.15, 0.2) is 0 Å². The zero-order valence-corrected chi connectivity index (χ0v) is 13.1. The van der Waals surface area contributed by atoms with E-state index >= 15 is 0 Å². The van der Waals surface area contributed by atoms with Crippen LogP contribution in [0, 0.1) is 0 Å². The number of hydrogen-bond acceptors (Lipinski definition) is 3. The molecule has 0 saturated heterocycles. The highest BCUT2D eigenvalue weighted by atomic mass is 35.5. The Hall–Kier alpha value is -0.770. The standard InChI is InChI=1S/C15H25ClN2O/c1-5-17-11-13-7-6-8-14(16)15(13)18(12(2)3)9-10-19-4/h6-8,12,17H,5,9-11H2,1-4H3. The molecule has 19 heavy (non-hydrogen) atoms. The number of rotatable bonds is 8. The molecule has 0 radical (unpaired) electrons. The number of anilines is 1. The van der Waals surface area contributed by atoms with Crippen molar-refractivity contribution < 1.29 is 4.74 Å². The molecule has 0 fully saturated rings. The van der Waals surface area contributed by atoms with Gasteiger partial charge in [0.25, 0.3) is 0 Å². The van der Waals surface area contributed by atoms with Crippen molar-refractivity contribution in [1.29, 1.82) is 0 Å². The number of nitrogens with one attached hydrogen (secondary N) is 1. The lowest BCUT2D eigenvalue weighted by Gasteiger charge is -2.31. The molecule has 0 unspecified atom stereocenters. The largest absolute Gasteiger partial charge is 0.383 e. The van der Waals surface area contributed by atoms with E-state index in [4.69, 9.17) is 16.3 Å². The van der Waals surface area contributed by atoms with E-state index in [1.165, 1.54) is 5.56 Å². The first kappa shape index (κ1) is 16.3. The number of nitrogens with zero attached hydrogens (tertiary/aromatic N) is 1. The van der Waals surface area contributed by atoms with Gasteiger partial charge in [-0.3, -0.25) is 0 Å². The van der Waals surface area contributed by atoms with Gasteiger partial charge in [0.2, 0.25) is 0 Å². The third kappa shape index (κ3) is 4.68. The zero-order valence-electron chi connectivity index (χ0n) is 12.4. The molecule has 0 aliphatic carbocycles. The van der Waals surface area contributed by atoms with Crippen LogP contribution >= 0.6 is 11.6 Å². The number of methoxy groups -OCH3 is 1. The summed E-state index contributed by atoms with van der Waals surface area (Å²) in [5.74, 6) is 0. The fourth-order valence-corrected chi connectivity index (χ4v) is 2.40. The zero-order chi connectivity index (χ0) is 14.3. The van der Waals surface area contributed by atoms with Gasteiger partial charge in [-0.15, -0.1) is 0 Å². The minimum Gasteiger partial charge on any atom is -0.383 e. The molecule has 0 aromatic heterocycles. The molecule has 0 heterocycles. The summed E-state index contributed by atoms with van der Waals surface area (Å²) >= 11 is 6.42. The van der Waals surface area contributed by atoms with Crippen molar-refractivity contribution in [3.63, 3.8) is 0 Å². The molecular formula is C15H25ClN2O. The summed E-state index contributed by atoms with van der Waals surface area (Å²) in [5.41, 5.74) is 2.36. The van der Waals surface area contributed by atoms with Gasteiger partial charge >= 0.3 is 0 Å². The van der Waals surface area contributed by atoms with Gasteiger partial charge < -0.3 is 15.0 Å². The summed E-state index contributed by atoms with van der Waals surface area (Å²) in [6.45, 7) is 9.79. The van der Waals surface area contributed by atoms with Crippen LogP contribution in [0.15, 0.2) is 18.2 Å². The van der Waals surface area contributed by atoms with Crippen LogP contribution in [0.1, 0.15) is 26.3 Å². The van der Waals surface area contributed by atoms with Crippen LogP contribution in [0.25, 0.3) is 0 Å². The lowest BCUT2D eigenvalue weighted by Crippen LogP contribution is -2.35. The average Bonchev–Trinajstić information content (AvgIpc) is 2.38. The molecule has 0 atom stereocenters. The first-order chi connectivity index (χ1) is 9.11. The smallest absolute Gasteiger partial charge is 0.0643 e. The Morgan fingerprint density at radius 2 is 2.11 bits per heavy atom. The predicted molar refractivity (Wildman–Crippen MR) is 83.2 cm³/mol. The molecule has 0 spiro atoms. The minimum absolute atomic E-state index is 0.385. The first-order valence-corrected chi connectivity index (χ1v) is 7.23. The van der Waals surface area contributed by atoms with Crippen LogP contribution in [0.5, 0.6) is 0 Å². The molecule has 0 aliphatic heterocycles. The Labute approximate surface area is 121 Å². The molecule has 0 saturated carbocycles. The summed E-state index contributed by atoms with van der Waals surface area (Å²) in [4.78, 5) is 2.30. The van der Waals surface area contributed by atoms with Crippen LogP contribution in [-0.4, -0.2) is 32.8 Å². The topological polar surface area (TPSA) is 24.5 Å². The maximum Gasteiger partial charge on any atom is 0.0643 e. The lowest BCUT2D eigenvalue weighted by atomic mass is 10.1. The summed E-state index contributed by atoms with van der Waals surface area (Å²) in [6.07, 6.45) is 0. The van der Waals surface area contributed by atoms with Crippen LogP contribution in [0.2, 0.25) is 5.02 Å². The Bertz CT molecular complexity index is 382. The van der Waals surface area contributed by atoms with Gasteiger partial charge in [0.1, 0.15) is 0 Å². The quantitative estimate of drug-likeness (QED) is 0.793. The first-order valence-electron chi connectivity index (χ1n) is 6.85. The molecule has 108 valence electrons. The molecule has 1 aromatic carbocycles. The fraction of sp³-hybridized carbons (Fsp3) is 0.600. The van der Waals surface area contributed by atoms with Crippen LogP contribution < -0.4 is 10.2 Å². The second-order valence-electron chi connectivity index (χ2n) is 4.81. The highest BCUT2D eigenvalue weighted by molar-refractivity contribution is 6.33. The predicted octanol–water partition coefficient (Wildman–Crippen LogP) is 3.31.